The number of hydrogen-bond acceptors (Lipinski definition) is 3. The molecule has 0 bridgehead atoms. The molecular formula is C24H24F3N3O3. The molecule has 1 heterocycles. The van der Waals surface area contributed by atoms with Crippen molar-refractivity contribution in [1.82, 2.24) is 4.90 Å². The molecule has 33 heavy (non-hydrogen) atoms. The summed E-state index contributed by atoms with van der Waals surface area (Å²) in [6, 6.07) is 10.7. The zero-order valence-corrected chi connectivity index (χ0v) is 17.8. The molecule has 2 fully saturated rings. The van der Waals surface area contributed by atoms with Gasteiger partial charge >= 0.3 is 6.18 Å². The Bertz CT molecular complexity index is 1060. The first-order chi connectivity index (χ1) is 15.7. The molecule has 4 rings (SSSR count). The topological polar surface area (TPSA) is 78.5 Å². The summed E-state index contributed by atoms with van der Waals surface area (Å²) in [4.78, 5) is 39.6. The van der Waals surface area contributed by atoms with Crippen LogP contribution < -0.4 is 10.6 Å². The molecule has 1 saturated heterocycles. The molecule has 9 heteroatoms. The summed E-state index contributed by atoms with van der Waals surface area (Å²) in [5, 5.41) is 5.24. The maximum absolute atomic E-state index is 12.9. The number of nitrogens with zero attached hydrogens (tertiary/aromatic N) is 1. The van der Waals surface area contributed by atoms with Gasteiger partial charge in [-0.2, -0.15) is 13.2 Å². The van der Waals surface area contributed by atoms with Crippen LogP contribution in [0.3, 0.4) is 0 Å². The molecule has 6 nitrogen and oxygen atoms in total. The third kappa shape index (κ3) is 5.53. The highest BCUT2D eigenvalue weighted by molar-refractivity contribution is 6.10. The van der Waals surface area contributed by atoms with Crippen LogP contribution >= 0.6 is 0 Å². The van der Waals surface area contributed by atoms with Crippen molar-refractivity contribution in [3.8, 4) is 0 Å². The van der Waals surface area contributed by atoms with Gasteiger partial charge in [-0.3, -0.25) is 14.4 Å². The van der Waals surface area contributed by atoms with E-state index in [4.69, 9.17) is 0 Å². The molecule has 0 radical (unpaired) electrons. The second-order valence-electron chi connectivity index (χ2n) is 8.44. The van der Waals surface area contributed by atoms with Crippen LogP contribution in [0.25, 0.3) is 0 Å². The Morgan fingerprint density at radius 2 is 1.55 bits per heavy atom. The third-order valence-electron chi connectivity index (χ3n) is 5.98. The van der Waals surface area contributed by atoms with E-state index >= 15 is 0 Å². The van der Waals surface area contributed by atoms with Crippen molar-refractivity contribution in [3.63, 3.8) is 0 Å². The van der Waals surface area contributed by atoms with Crippen molar-refractivity contribution in [1.29, 1.82) is 0 Å². The van der Waals surface area contributed by atoms with E-state index in [0.717, 1.165) is 25.0 Å². The van der Waals surface area contributed by atoms with E-state index in [1.807, 2.05) is 4.90 Å². The Kier molecular flexibility index (Phi) is 6.40. The summed E-state index contributed by atoms with van der Waals surface area (Å²) in [6.45, 7) is 1.07. The largest absolute Gasteiger partial charge is 0.416 e. The molecular weight excluding hydrogens is 435 g/mol. The second kappa shape index (κ2) is 9.25. The first-order valence-corrected chi connectivity index (χ1v) is 10.9. The van der Waals surface area contributed by atoms with Gasteiger partial charge in [-0.1, -0.05) is 18.2 Å². The number of rotatable bonds is 5. The van der Waals surface area contributed by atoms with Gasteiger partial charge in [0.2, 0.25) is 11.8 Å². The van der Waals surface area contributed by atoms with Crippen molar-refractivity contribution < 1.29 is 27.6 Å². The van der Waals surface area contributed by atoms with Gasteiger partial charge in [0.1, 0.15) is 0 Å². The third-order valence-corrected chi connectivity index (χ3v) is 5.98. The minimum atomic E-state index is -4.52. The van der Waals surface area contributed by atoms with E-state index in [0.29, 0.717) is 25.9 Å². The first kappa shape index (κ1) is 22.8. The lowest BCUT2D eigenvalue weighted by Gasteiger charge is -2.31. The fourth-order valence-electron chi connectivity index (χ4n) is 3.95. The standard InChI is InChI=1S/C24H24F3N3O3/c25-24(26,27)17-4-3-5-18(14-17)28-22(32)19-6-1-2-7-20(19)29-21(31)15-10-12-30(13-11-15)23(33)16-8-9-16/h1-7,14-16H,8-13H2,(H,28,32)(H,29,31). The summed E-state index contributed by atoms with van der Waals surface area (Å²) < 4.78 is 38.8. The lowest BCUT2D eigenvalue weighted by Crippen LogP contribution is -2.42. The summed E-state index contributed by atoms with van der Waals surface area (Å²) in [6.07, 6.45) is -1.55. The highest BCUT2D eigenvalue weighted by Crippen LogP contribution is 2.33. The molecule has 1 aliphatic heterocycles. The monoisotopic (exact) mass is 459 g/mol. The number of benzene rings is 2. The number of anilines is 2. The summed E-state index contributed by atoms with van der Waals surface area (Å²) in [5.41, 5.74) is -0.440. The van der Waals surface area contributed by atoms with E-state index < -0.39 is 17.6 Å². The van der Waals surface area contributed by atoms with Crippen LogP contribution in [-0.4, -0.2) is 35.7 Å². The molecule has 174 valence electrons. The lowest BCUT2D eigenvalue weighted by molar-refractivity contribution is -0.137. The molecule has 3 amide bonds. The highest BCUT2D eigenvalue weighted by Gasteiger charge is 2.36. The minimum absolute atomic E-state index is 0.00339. The van der Waals surface area contributed by atoms with Gasteiger partial charge in [0.25, 0.3) is 5.91 Å². The van der Waals surface area contributed by atoms with Crippen LogP contribution in [0.2, 0.25) is 0 Å². The van der Waals surface area contributed by atoms with E-state index in [9.17, 15) is 27.6 Å². The van der Waals surface area contributed by atoms with Gasteiger partial charge < -0.3 is 15.5 Å². The Balaban J connectivity index is 1.39. The highest BCUT2D eigenvalue weighted by atomic mass is 19.4. The molecule has 2 N–H and O–H groups in total. The Morgan fingerprint density at radius 1 is 0.848 bits per heavy atom. The predicted octanol–water partition coefficient (Wildman–Crippen LogP) is 4.54. The van der Waals surface area contributed by atoms with E-state index in [2.05, 4.69) is 10.6 Å². The molecule has 2 aliphatic rings. The maximum Gasteiger partial charge on any atom is 0.416 e. The molecule has 2 aromatic carbocycles. The number of likely N-dealkylation sites (tertiary alicyclic amines) is 1. The number of alkyl halides is 3. The number of carbonyl (C=O) groups is 3. The number of hydrogen-bond donors (Lipinski definition) is 2. The fourth-order valence-corrected chi connectivity index (χ4v) is 3.95. The number of nitrogens with one attached hydrogen (secondary N) is 2. The maximum atomic E-state index is 12.9. The van der Waals surface area contributed by atoms with Gasteiger partial charge in [-0.05, 0) is 56.0 Å². The van der Waals surface area contributed by atoms with Gasteiger partial charge in [0.05, 0.1) is 16.8 Å². The van der Waals surface area contributed by atoms with Gasteiger partial charge in [0.15, 0.2) is 0 Å². The minimum Gasteiger partial charge on any atom is -0.342 e. The van der Waals surface area contributed by atoms with Crippen molar-refractivity contribution >= 4 is 29.1 Å². The normalized spacial score (nSPS) is 16.9. The summed E-state index contributed by atoms with van der Waals surface area (Å²) in [7, 11) is 0. The van der Waals surface area contributed by atoms with Crippen LogP contribution in [0.5, 0.6) is 0 Å². The summed E-state index contributed by atoms with van der Waals surface area (Å²) in [5.74, 6) is -0.834. The predicted molar refractivity (Wildman–Crippen MR) is 116 cm³/mol. The molecule has 0 atom stereocenters. The zero-order valence-electron chi connectivity index (χ0n) is 17.8. The number of piperidine rings is 1. The van der Waals surface area contributed by atoms with Gasteiger partial charge in [-0.15, -0.1) is 0 Å². The Labute approximate surface area is 189 Å². The van der Waals surface area contributed by atoms with Crippen molar-refractivity contribution in [2.24, 2.45) is 11.8 Å². The quantitative estimate of drug-likeness (QED) is 0.689. The lowest BCUT2D eigenvalue weighted by atomic mass is 9.95. The number of amides is 3. The van der Waals surface area contributed by atoms with Crippen LogP contribution in [0.4, 0.5) is 24.5 Å². The van der Waals surface area contributed by atoms with Crippen LogP contribution in [0, 0.1) is 11.8 Å². The second-order valence-corrected chi connectivity index (χ2v) is 8.44. The Hall–Kier alpha value is -3.36. The molecule has 1 saturated carbocycles. The van der Waals surface area contributed by atoms with Crippen LogP contribution in [0.15, 0.2) is 48.5 Å². The molecule has 0 spiro atoms. The number of halogens is 3. The molecule has 2 aromatic rings. The smallest absolute Gasteiger partial charge is 0.342 e. The number of carbonyl (C=O) groups excluding carboxylic acids is 3. The first-order valence-electron chi connectivity index (χ1n) is 10.9. The van der Waals surface area contributed by atoms with Crippen molar-refractivity contribution in [2.75, 3.05) is 23.7 Å². The SMILES string of the molecule is O=C(Nc1cccc(C(F)(F)F)c1)c1ccccc1NC(=O)C1CCN(C(=O)C2CC2)CC1. The average Bonchev–Trinajstić information content (AvgIpc) is 3.64. The molecule has 1 aliphatic carbocycles. The van der Waals surface area contributed by atoms with E-state index in [1.165, 1.54) is 18.2 Å². The Morgan fingerprint density at radius 3 is 2.21 bits per heavy atom. The van der Waals surface area contributed by atoms with E-state index in [-0.39, 0.29) is 40.6 Å². The summed E-state index contributed by atoms with van der Waals surface area (Å²) >= 11 is 0. The zero-order chi connectivity index (χ0) is 23.6. The number of para-hydroxylation sites is 1. The average molecular weight is 459 g/mol. The van der Waals surface area contributed by atoms with Crippen LogP contribution in [0.1, 0.15) is 41.6 Å². The van der Waals surface area contributed by atoms with Crippen molar-refractivity contribution in [2.45, 2.75) is 31.9 Å². The van der Waals surface area contributed by atoms with Crippen LogP contribution in [-0.2, 0) is 15.8 Å². The van der Waals surface area contributed by atoms with Gasteiger partial charge in [-0.25, -0.2) is 0 Å². The molecule has 0 unspecified atom stereocenters. The van der Waals surface area contributed by atoms with Crippen molar-refractivity contribution in [3.05, 3.63) is 59.7 Å². The van der Waals surface area contributed by atoms with Gasteiger partial charge in [0, 0.05) is 30.6 Å². The van der Waals surface area contributed by atoms with E-state index in [1.54, 1.807) is 18.2 Å². The fraction of sp³-hybridized carbons (Fsp3) is 0.375. The molecule has 0 aromatic heterocycles.